The first-order valence-electron chi connectivity index (χ1n) is 6.51. The minimum absolute atomic E-state index is 0.0675. The highest BCUT2D eigenvalue weighted by Gasteiger charge is 2.24. The molecule has 1 saturated carbocycles. The van der Waals surface area contributed by atoms with Gasteiger partial charge in [-0.2, -0.15) is 0 Å². The van der Waals surface area contributed by atoms with Crippen LogP contribution in [0.4, 0.5) is 0 Å². The molecule has 0 amide bonds. The Morgan fingerprint density at radius 2 is 1.83 bits per heavy atom. The second-order valence-corrected chi connectivity index (χ2v) is 5.97. The van der Waals surface area contributed by atoms with Crippen LogP contribution < -0.4 is 0 Å². The third kappa shape index (κ3) is 3.58. The third-order valence-corrected chi connectivity index (χ3v) is 4.40. The van der Waals surface area contributed by atoms with E-state index >= 15 is 0 Å². The highest BCUT2D eigenvalue weighted by Crippen LogP contribution is 2.37. The summed E-state index contributed by atoms with van der Waals surface area (Å²) in [6.45, 7) is 0. The molecule has 0 atom stereocenters. The third-order valence-electron chi connectivity index (χ3n) is 3.87. The maximum absolute atomic E-state index is 11.2. The SMILES string of the molecule is COC(=O)CC1CCC(c2ccc(Br)cc2)CC1. The van der Waals surface area contributed by atoms with Crippen molar-refractivity contribution in [1.29, 1.82) is 0 Å². The topological polar surface area (TPSA) is 26.3 Å². The molecule has 0 heterocycles. The molecule has 0 aliphatic heterocycles. The van der Waals surface area contributed by atoms with Gasteiger partial charge in [0.1, 0.15) is 0 Å². The Bertz CT molecular complexity index is 391. The van der Waals surface area contributed by atoms with Crippen LogP contribution in [0.3, 0.4) is 0 Å². The first-order valence-corrected chi connectivity index (χ1v) is 7.30. The molecule has 2 nitrogen and oxygen atoms in total. The molecule has 18 heavy (non-hydrogen) atoms. The molecule has 3 heteroatoms. The Labute approximate surface area is 117 Å². The van der Waals surface area contributed by atoms with Crippen LogP contribution in [0.5, 0.6) is 0 Å². The summed E-state index contributed by atoms with van der Waals surface area (Å²) in [7, 11) is 1.47. The fraction of sp³-hybridized carbons (Fsp3) is 0.533. The van der Waals surface area contributed by atoms with E-state index in [1.807, 2.05) is 0 Å². The van der Waals surface area contributed by atoms with Gasteiger partial charge in [0.15, 0.2) is 0 Å². The van der Waals surface area contributed by atoms with Crippen LogP contribution in [0.2, 0.25) is 0 Å². The Morgan fingerprint density at radius 3 is 2.39 bits per heavy atom. The van der Waals surface area contributed by atoms with Gasteiger partial charge in [-0.15, -0.1) is 0 Å². The number of hydrogen-bond acceptors (Lipinski definition) is 2. The highest BCUT2D eigenvalue weighted by molar-refractivity contribution is 9.10. The summed E-state index contributed by atoms with van der Waals surface area (Å²) in [5, 5.41) is 0. The molecule has 1 aliphatic carbocycles. The van der Waals surface area contributed by atoms with E-state index < -0.39 is 0 Å². The zero-order valence-electron chi connectivity index (χ0n) is 10.7. The highest BCUT2D eigenvalue weighted by atomic mass is 79.9. The molecule has 0 N–H and O–H groups in total. The molecule has 1 aromatic rings. The van der Waals surface area contributed by atoms with Crippen molar-refractivity contribution in [3.63, 3.8) is 0 Å². The van der Waals surface area contributed by atoms with Crippen molar-refractivity contribution in [2.24, 2.45) is 5.92 Å². The van der Waals surface area contributed by atoms with E-state index in [9.17, 15) is 4.79 Å². The number of halogens is 1. The Hall–Kier alpha value is -0.830. The molecule has 0 saturated heterocycles. The second kappa shape index (κ2) is 6.37. The summed E-state index contributed by atoms with van der Waals surface area (Å²) >= 11 is 3.46. The minimum atomic E-state index is -0.0675. The average molecular weight is 311 g/mol. The first kappa shape index (κ1) is 13.6. The number of rotatable bonds is 3. The van der Waals surface area contributed by atoms with Gasteiger partial charge < -0.3 is 4.74 Å². The lowest BCUT2D eigenvalue weighted by atomic mass is 9.77. The maximum Gasteiger partial charge on any atom is 0.305 e. The van der Waals surface area contributed by atoms with Crippen molar-refractivity contribution in [3.05, 3.63) is 34.3 Å². The standard InChI is InChI=1S/C15H19BrO2/c1-18-15(17)10-11-2-4-12(5-3-11)13-6-8-14(16)9-7-13/h6-9,11-12H,2-5,10H2,1H3. The molecule has 0 spiro atoms. The molecule has 1 aromatic carbocycles. The smallest absolute Gasteiger partial charge is 0.305 e. The van der Waals surface area contributed by atoms with Gasteiger partial charge in [-0.25, -0.2) is 0 Å². The van der Waals surface area contributed by atoms with Crippen LogP contribution in [0.25, 0.3) is 0 Å². The van der Waals surface area contributed by atoms with Crippen LogP contribution in [0, 0.1) is 5.92 Å². The molecule has 1 fully saturated rings. The summed E-state index contributed by atoms with van der Waals surface area (Å²) in [4.78, 5) is 11.2. The summed E-state index contributed by atoms with van der Waals surface area (Å²) in [5.74, 6) is 1.11. The predicted octanol–water partition coefficient (Wildman–Crippen LogP) is 4.29. The van der Waals surface area contributed by atoms with Gasteiger partial charge in [-0.1, -0.05) is 28.1 Å². The number of carbonyl (C=O) groups is 1. The van der Waals surface area contributed by atoms with E-state index in [0.29, 0.717) is 18.3 Å². The van der Waals surface area contributed by atoms with E-state index in [2.05, 4.69) is 40.2 Å². The Kier molecular flexibility index (Phi) is 4.81. The fourth-order valence-electron chi connectivity index (χ4n) is 2.75. The number of methoxy groups -OCH3 is 1. The molecule has 0 unspecified atom stereocenters. The number of esters is 1. The monoisotopic (exact) mass is 310 g/mol. The molecule has 98 valence electrons. The lowest BCUT2D eigenvalue weighted by Crippen LogP contribution is -2.17. The average Bonchev–Trinajstić information content (AvgIpc) is 2.40. The Balaban J connectivity index is 1.86. The van der Waals surface area contributed by atoms with Crippen LogP contribution in [0.15, 0.2) is 28.7 Å². The second-order valence-electron chi connectivity index (χ2n) is 5.05. The zero-order chi connectivity index (χ0) is 13.0. The molecular weight excluding hydrogens is 292 g/mol. The quantitative estimate of drug-likeness (QED) is 0.779. The van der Waals surface area contributed by atoms with E-state index in [1.165, 1.54) is 25.5 Å². The first-order chi connectivity index (χ1) is 8.69. The fourth-order valence-corrected chi connectivity index (χ4v) is 3.02. The van der Waals surface area contributed by atoms with Crippen LogP contribution >= 0.6 is 15.9 Å². The summed E-state index contributed by atoms with van der Waals surface area (Å²) in [6.07, 6.45) is 5.22. The normalized spacial score (nSPS) is 23.7. The lowest BCUT2D eigenvalue weighted by molar-refractivity contribution is -0.142. The van der Waals surface area contributed by atoms with E-state index in [4.69, 9.17) is 4.74 Å². The van der Waals surface area contributed by atoms with E-state index in [0.717, 1.165) is 17.3 Å². The van der Waals surface area contributed by atoms with Crippen molar-refractivity contribution in [1.82, 2.24) is 0 Å². The molecule has 1 aliphatic rings. The molecule has 0 aromatic heterocycles. The van der Waals surface area contributed by atoms with Gasteiger partial charge in [0, 0.05) is 10.9 Å². The number of benzene rings is 1. The van der Waals surface area contributed by atoms with Crippen LogP contribution in [0.1, 0.15) is 43.6 Å². The van der Waals surface area contributed by atoms with E-state index in [1.54, 1.807) is 0 Å². The lowest BCUT2D eigenvalue weighted by Gasteiger charge is -2.28. The van der Waals surface area contributed by atoms with Crippen LogP contribution in [-0.2, 0) is 9.53 Å². The van der Waals surface area contributed by atoms with E-state index in [-0.39, 0.29) is 5.97 Å². The molecule has 0 radical (unpaired) electrons. The minimum Gasteiger partial charge on any atom is -0.469 e. The predicted molar refractivity (Wildman–Crippen MR) is 75.5 cm³/mol. The van der Waals surface area contributed by atoms with Crippen LogP contribution in [-0.4, -0.2) is 13.1 Å². The van der Waals surface area contributed by atoms with Crippen molar-refractivity contribution < 1.29 is 9.53 Å². The zero-order valence-corrected chi connectivity index (χ0v) is 12.3. The van der Waals surface area contributed by atoms with Crippen molar-refractivity contribution in [2.75, 3.05) is 7.11 Å². The van der Waals surface area contributed by atoms with Gasteiger partial charge in [-0.3, -0.25) is 4.79 Å². The maximum atomic E-state index is 11.2. The van der Waals surface area contributed by atoms with Crippen molar-refractivity contribution in [2.45, 2.75) is 38.0 Å². The molecule has 2 rings (SSSR count). The largest absolute Gasteiger partial charge is 0.469 e. The number of hydrogen-bond donors (Lipinski definition) is 0. The van der Waals surface area contributed by atoms with Gasteiger partial charge >= 0.3 is 5.97 Å². The van der Waals surface area contributed by atoms with Crippen molar-refractivity contribution in [3.8, 4) is 0 Å². The van der Waals surface area contributed by atoms with Crippen molar-refractivity contribution >= 4 is 21.9 Å². The Morgan fingerprint density at radius 1 is 1.22 bits per heavy atom. The molecule has 0 bridgehead atoms. The number of carbonyl (C=O) groups excluding carboxylic acids is 1. The summed E-state index contributed by atoms with van der Waals surface area (Å²) in [5.41, 5.74) is 1.43. The molecular formula is C15H19BrO2. The van der Waals surface area contributed by atoms with Gasteiger partial charge in [-0.05, 0) is 55.2 Å². The summed E-state index contributed by atoms with van der Waals surface area (Å²) < 4.78 is 5.86. The van der Waals surface area contributed by atoms with Gasteiger partial charge in [0.25, 0.3) is 0 Å². The van der Waals surface area contributed by atoms with Gasteiger partial charge in [0.05, 0.1) is 7.11 Å². The number of ether oxygens (including phenoxy) is 1. The van der Waals surface area contributed by atoms with Gasteiger partial charge in [0.2, 0.25) is 0 Å². The summed E-state index contributed by atoms with van der Waals surface area (Å²) in [6, 6.07) is 8.62.